The van der Waals surface area contributed by atoms with Crippen LogP contribution < -0.4 is 5.73 Å². The number of esters is 1. The van der Waals surface area contributed by atoms with Gasteiger partial charge in [0.2, 0.25) is 0 Å². The molecule has 0 amide bonds. The topological polar surface area (TPSA) is 52.3 Å². The van der Waals surface area contributed by atoms with Crippen LogP contribution in [-0.4, -0.2) is 18.6 Å². The average molecular weight is 221 g/mol. The molecule has 0 aliphatic carbocycles. The molecule has 0 aliphatic rings. The van der Waals surface area contributed by atoms with Crippen molar-refractivity contribution in [3.05, 3.63) is 35.4 Å². The summed E-state index contributed by atoms with van der Waals surface area (Å²) < 4.78 is 4.86. The molecular weight excluding hydrogens is 202 g/mol. The second-order valence-electron chi connectivity index (χ2n) is 3.73. The van der Waals surface area contributed by atoms with E-state index in [0.29, 0.717) is 13.0 Å². The van der Waals surface area contributed by atoms with Gasteiger partial charge in [-0.15, -0.1) is 0 Å². The Morgan fingerprint density at radius 3 is 2.31 bits per heavy atom. The first kappa shape index (κ1) is 12.7. The highest BCUT2D eigenvalue weighted by molar-refractivity contribution is 5.75. The third-order valence-corrected chi connectivity index (χ3v) is 2.48. The molecule has 3 heteroatoms. The lowest BCUT2D eigenvalue weighted by molar-refractivity contribution is -0.144. The van der Waals surface area contributed by atoms with Gasteiger partial charge in [0.25, 0.3) is 0 Å². The lowest BCUT2D eigenvalue weighted by Gasteiger charge is -2.10. The van der Waals surface area contributed by atoms with Crippen molar-refractivity contribution in [3.8, 4) is 0 Å². The molecule has 1 rings (SSSR count). The highest BCUT2D eigenvalue weighted by Crippen LogP contribution is 2.07. The molecule has 0 radical (unpaired) electrons. The maximum atomic E-state index is 11.3. The molecule has 16 heavy (non-hydrogen) atoms. The van der Waals surface area contributed by atoms with Crippen LogP contribution in [0.3, 0.4) is 0 Å². The Morgan fingerprint density at radius 2 is 1.81 bits per heavy atom. The van der Waals surface area contributed by atoms with E-state index in [-0.39, 0.29) is 5.97 Å². The molecule has 1 aromatic rings. The number of nitrogens with two attached hydrogens (primary N) is 1. The molecule has 1 atom stereocenters. The largest absolute Gasteiger partial charge is 0.465 e. The highest BCUT2D eigenvalue weighted by Gasteiger charge is 2.14. The van der Waals surface area contributed by atoms with Crippen LogP contribution in [0.2, 0.25) is 0 Å². The predicted octanol–water partition coefficient (Wildman–Crippen LogP) is 1.68. The monoisotopic (exact) mass is 221 g/mol. The van der Waals surface area contributed by atoms with Crippen LogP contribution >= 0.6 is 0 Å². The summed E-state index contributed by atoms with van der Waals surface area (Å²) >= 11 is 0. The van der Waals surface area contributed by atoms with Gasteiger partial charge in [-0.3, -0.25) is 4.79 Å². The second-order valence-corrected chi connectivity index (χ2v) is 3.73. The van der Waals surface area contributed by atoms with E-state index < -0.39 is 6.04 Å². The molecule has 0 aromatic heterocycles. The summed E-state index contributed by atoms with van der Waals surface area (Å²) in [5, 5.41) is 0. The molecule has 0 saturated carbocycles. The molecule has 0 bridgehead atoms. The molecule has 3 nitrogen and oxygen atoms in total. The Kier molecular flexibility index (Phi) is 4.99. The molecule has 0 heterocycles. The molecule has 1 unspecified atom stereocenters. The summed E-state index contributed by atoms with van der Waals surface area (Å²) in [7, 11) is 0. The summed E-state index contributed by atoms with van der Waals surface area (Å²) in [5.74, 6) is -0.331. The van der Waals surface area contributed by atoms with Crippen molar-refractivity contribution in [2.24, 2.45) is 5.73 Å². The Morgan fingerprint density at radius 1 is 1.25 bits per heavy atom. The van der Waals surface area contributed by atoms with Gasteiger partial charge < -0.3 is 10.5 Å². The van der Waals surface area contributed by atoms with Crippen LogP contribution in [0.25, 0.3) is 0 Å². The maximum absolute atomic E-state index is 11.3. The summed E-state index contributed by atoms with van der Waals surface area (Å²) in [6.07, 6.45) is 1.55. The molecule has 88 valence electrons. The van der Waals surface area contributed by atoms with Crippen molar-refractivity contribution >= 4 is 5.97 Å². The number of hydrogen-bond acceptors (Lipinski definition) is 3. The number of benzene rings is 1. The van der Waals surface area contributed by atoms with Crippen molar-refractivity contribution in [3.63, 3.8) is 0 Å². The standard InChI is InChI=1S/C13H19NO2/c1-3-10-5-7-11(8-6-10)9-12(14)13(15)16-4-2/h5-8,12H,3-4,9,14H2,1-2H3. The molecule has 2 N–H and O–H groups in total. The third kappa shape index (κ3) is 3.66. The van der Waals surface area contributed by atoms with Gasteiger partial charge in [0.15, 0.2) is 0 Å². The summed E-state index contributed by atoms with van der Waals surface area (Å²) in [4.78, 5) is 11.3. The van der Waals surface area contributed by atoms with Crippen LogP contribution in [0, 0.1) is 0 Å². The van der Waals surface area contributed by atoms with Gasteiger partial charge in [0, 0.05) is 0 Å². The van der Waals surface area contributed by atoms with E-state index in [1.807, 2.05) is 12.1 Å². The van der Waals surface area contributed by atoms with E-state index in [1.165, 1.54) is 5.56 Å². The predicted molar refractivity (Wildman–Crippen MR) is 64.1 cm³/mol. The lowest BCUT2D eigenvalue weighted by atomic mass is 10.0. The first-order valence-electron chi connectivity index (χ1n) is 5.67. The van der Waals surface area contributed by atoms with E-state index in [1.54, 1.807) is 6.92 Å². The number of ether oxygens (including phenoxy) is 1. The molecular formula is C13H19NO2. The van der Waals surface area contributed by atoms with Crippen molar-refractivity contribution in [1.82, 2.24) is 0 Å². The van der Waals surface area contributed by atoms with E-state index in [4.69, 9.17) is 10.5 Å². The highest BCUT2D eigenvalue weighted by atomic mass is 16.5. The van der Waals surface area contributed by atoms with Crippen LogP contribution in [0.15, 0.2) is 24.3 Å². The minimum Gasteiger partial charge on any atom is -0.465 e. The van der Waals surface area contributed by atoms with Gasteiger partial charge in [-0.25, -0.2) is 0 Å². The molecule has 0 fully saturated rings. The minimum atomic E-state index is -0.563. The van der Waals surface area contributed by atoms with Gasteiger partial charge in [0.05, 0.1) is 6.61 Å². The fourth-order valence-corrected chi connectivity index (χ4v) is 1.50. The van der Waals surface area contributed by atoms with E-state index >= 15 is 0 Å². The van der Waals surface area contributed by atoms with Crippen LogP contribution in [0.1, 0.15) is 25.0 Å². The fourth-order valence-electron chi connectivity index (χ4n) is 1.50. The number of hydrogen-bond donors (Lipinski definition) is 1. The first-order valence-corrected chi connectivity index (χ1v) is 5.67. The lowest BCUT2D eigenvalue weighted by Crippen LogP contribution is -2.34. The van der Waals surface area contributed by atoms with Crippen molar-refractivity contribution in [1.29, 1.82) is 0 Å². The Labute approximate surface area is 96.6 Å². The van der Waals surface area contributed by atoms with Gasteiger partial charge in [-0.05, 0) is 30.9 Å². The third-order valence-electron chi connectivity index (χ3n) is 2.48. The quantitative estimate of drug-likeness (QED) is 0.770. The van der Waals surface area contributed by atoms with Gasteiger partial charge in [-0.1, -0.05) is 31.2 Å². The average Bonchev–Trinajstić information content (AvgIpc) is 2.30. The Hall–Kier alpha value is -1.35. The Balaban J connectivity index is 2.55. The maximum Gasteiger partial charge on any atom is 0.323 e. The fraction of sp³-hybridized carbons (Fsp3) is 0.462. The number of carbonyl (C=O) groups excluding carboxylic acids is 1. The summed E-state index contributed by atoms with van der Waals surface area (Å²) in [6, 6.07) is 7.59. The minimum absolute atomic E-state index is 0.331. The van der Waals surface area contributed by atoms with Crippen molar-refractivity contribution in [2.45, 2.75) is 32.7 Å². The van der Waals surface area contributed by atoms with Crippen LogP contribution in [0.5, 0.6) is 0 Å². The summed E-state index contributed by atoms with van der Waals surface area (Å²) in [5.41, 5.74) is 8.08. The molecule has 0 saturated heterocycles. The zero-order valence-electron chi connectivity index (χ0n) is 9.90. The number of aryl methyl sites for hydroxylation is 1. The molecule has 0 spiro atoms. The van der Waals surface area contributed by atoms with Gasteiger partial charge in [0.1, 0.15) is 6.04 Å². The SMILES string of the molecule is CCOC(=O)C(N)Cc1ccc(CC)cc1. The zero-order chi connectivity index (χ0) is 12.0. The van der Waals surface area contributed by atoms with Crippen LogP contribution in [-0.2, 0) is 22.4 Å². The normalized spacial score (nSPS) is 12.2. The van der Waals surface area contributed by atoms with Crippen molar-refractivity contribution < 1.29 is 9.53 Å². The smallest absolute Gasteiger partial charge is 0.323 e. The second kappa shape index (κ2) is 6.28. The number of carbonyl (C=O) groups is 1. The summed E-state index contributed by atoms with van der Waals surface area (Å²) in [6.45, 7) is 4.27. The Bertz CT molecular complexity index is 332. The van der Waals surface area contributed by atoms with Crippen molar-refractivity contribution in [2.75, 3.05) is 6.61 Å². The van der Waals surface area contributed by atoms with E-state index in [2.05, 4.69) is 19.1 Å². The first-order chi connectivity index (χ1) is 7.67. The van der Waals surface area contributed by atoms with E-state index in [0.717, 1.165) is 12.0 Å². The molecule has 1 aromatic carbocycles. The molecule has 0 aliphatic heterocycles. The van der Waals surface area contributed by atoms with Crippen LogP contribution in [0.4, 0.5) is 0 Å². The number of rotatable bonds is 5. The van der Waals surface area contributed by atoms with E-state index in [9.17, 15) is 4.79 Å². The van der Waals surface area contributed by atoms with Gasteiger partial charge in [-0.2, -0.15) is 0 Å². The van der Waals surface area contributed by atoms with Gasteiger partial charge >= 0.3 is 5.97 Å². The zero-order valence-corrected chi connectivity index (χ0v) is 9.90.